The van der Waals surface area contributed by atoms with Gasteiger partial charge in [0.1, 0.15) is 6.04 Å². The maximum absolute atomic E-state index is 12.8. The Morgan fingerprint density at radius 2 is 1.93 bits per heavy atom. The van der Waals surface area contributed by atoms with Gasteiger partial charge in [0.05, 0.1) is 16.2 Å². The van der Waals surface area contributed by atoms with E-state index < -0.39 is 6.04 Å². The number of carbonyl (C=O) groups excluding carboxylic acids is 1. The molecule has 0 spiro atoms. The molecule has 0 aliphatic heterocycles. The average molecular weight is 434 g/mol. The van der Waals surface area contributed by atoms with E-state index in [1.165, 1.54) is 0 Å². The minimum atomic E-state index is -0.441. The zero-order chi connectivity index (χ0) is 19.3. The van der Waals surface area contributed by atoms with Crippen molar-refractivity contribution in [3.05, 3.63) is 51.8 Å². The summed E-state index contributed by atoms with van der Waals surface area (Å²) in [6, 6.07) is 5.26. The van der Waals surface area contributed by atoms with Gasteiger partial charge < -0.3 is 10.6 Å². The summed E-state index contributed by atoms with van der Waals surface area (Å²) >= 11 is 12.3. The van der Waals surface area contributed by atoms with Gasteiger partial charge in [-0.2, -0.15) is 5.10 Å². The second-order valence-electron chi connectivity index (χ2n) is 6.50. The standard InChI is InChI=1S/C19H26Cl2N4O.ClH/c1-5-19(6-2,14-7-8-15(20)16(21)9-14)12-23-18(26)17(22-3)13-10-24-25(4)11-13;/h7-11,17,22H,5-6,12H2,1-4H3,(H,23,26);1H. The summed E-state index contributed by atoms with van der Waals surface area (Å²) in [7, 11) is 3.60. The van der Waals surface area contributed by atoms with Crippen LogP contribution in [-0.4, -0.2) is 29.3 Å². The van der Waals surface area contributed by atoms with Crippen LogP contribution in [0.1, 0.15) is 43.9 Å². The van der Waals surface area contributed by atoms with Crippen LogP contribution in [0.25, 0.3) is 0 Å². The molecular weight excluding hydrogens is 407 g/mol. The van der Waals surface area contributed by atoms with E-state index in [0.717, 1.165) is 24.0 Å². The van der Waals surface area contributed by atoms with E-state index in [9.17, 15) is 4.79 Å². The van der Waals surface area contributed by atoms with Crippen molar-refractivity contribution in [3.63, 3.8) is 0 Å². The minimum Gasteiger partial charge on any atom is -0.354 e. The number of benzene rings is 1. The van der Waals surface area contributed by atoms with Crippen molar-refractivity contribution in [2.24, 2.45) is 7.05 Å². The Morgan fingerprint density at radius 3 is 2.41 bits per heavy atom. The van der Waals surface area contributed by atoms with Gasteiger partial charge in [0, 0.05) is 30.8 Å². The van der Waals surface area contributed by atoms with Crippen molar-refractivity contribution in [2.75, 3.05) is 13.6 Å². The third kappa shape index (κ3) is 5.38. The molecule has 150 valence electrons. The lowest BCUT2D eigenvalue weighted by atomic mass is 9.75. The summed E-state index contributed by atoms with van der Waals surface area (Å²) < 4.78 is 1.69. The van der Waals surface area contributed by atoms with Crippen molar-refractivity contribution < 1.29 is 4.79 Å². The van der Waals surface area contributed by atoms with Crippen molar-refractivity contribution in [1.29, 1.82) is 0 Å². The molecule has 2 N–H and O–H groups in total. The van der Waals surface area contributed by atoms with Gasteiger partial charge >= 0.3 is 0 Å². The Hall–Kier alpha value is -1.27. The maximum atomic E-state index is 12.8. The maximum Gasteiger partial charge on any atom is 0.241 e. The first-order chi connectivity index (χ1) is 12.4. The first-order valence-corrected chi connectivity index (χ1v) is 9.51. The molecule has 0 saturated heterocycles. The molecule has 1 aromatic heterocycles. The molecule has 2 rings (SSSR count). The number of rotatable bonds is 8. The van der Waals surface area contributed by atoms with Crippen molar-refractivity contribution >= 4 is 41.5 Å². The van der Waals surface area contributed by atoms with E-state index in [4.69, 9.17) is 23.2 Å². The molecule has 0 fully saturated rings. The molecule has 0 saturated carbocycles. The van der Waals surface area contributed by atoms with Gasteiger partial charge in [-0.1, -0.05) is 43.1 Å². The molecule has 1 heterocycles. The second-order valence-corrected chi connectivity index (χ2v) is 7.32. The van der Waals surface area contributed by atoms with Gasteiger partial charge in [-0.15, -0.1) is 12.4 Å². The van der Waals surface area contributed by atoms with Crippen LogP contribution in [0.2, 0.25) is 10.0 Å². The molecule has 1 aromatic carbocycles. The van der Waals surface area contributed by atoms with Crippen LogP contribution in [0, 0.1) is 0 Å². The number of hydrogen-bond acceptors (Lipinski definition) is 3. The largest absolute Gasteiger partial charge is 0.354 e. The highest BCUT2D eigenvalue weighted by Gasteiger charge is 2.31. The Morgan fingerprint density at radius 1 is 1.26 bits per heavy atom. The number of halogens is 3. The Bertz CT molecular complexity index is 759. The fourth-order valence-corrected chi connectivity index (χ4v) is 3.53. The number of amides is 1. The minimum absolute atomic E-state index is 0. The third-order valence-electron chi connectivity index (χ3n) is 5.10. The Labute approximate surface area is 177 Å². The molecule has 5 nitrogen and oxygen atoms in total. The fourth-order valence-electron chi connectivity index (χ4n) is 3.23. The topological polar surface area (TPSA) is 59.0 Å². The molecule has 0 radical (unpaired) electrons. The van der Waals surface area contributed by atoms with E-state index in [1.807, 2.05) is 31.4 Å². The molecule has 0 bridgehead atoms. The molecule has 0 aliphatic carbocycles. The molecule has 8 heteroatoms. The highest BCUT2D eigenvalue weighted by atomic mass is 35.5. The monoisotopic (exact) mass is 432 g/mol. The Kier molecular flexibility index (Phi) is 9.09. The quantitative estimate of drug-likeness (QED) is 0.653. The Balaban J connectivity index is 0.00000364. The van der Waals surface area contributed by atoms with E-state index in [-0.39, 0.29) is 23.7 Å². The zero-order valence-electron chi connectivity index (χ0n) is 16.1. The molecule has 2 aromatic rings. The number of aromatic nitrogens is 2. The predicted octanol–water partition coefficient (Wildman–Crippen LogP) is 4.28. The number of carbonyl (C=O) groups is 1. The summed E-state index contributed by atoms with van der Waals surface area (Å²) in [5.74, 6) is -0.0770. The van der Waals surface area contributed by atoms with E-state index >= 15 is 0 Å². The van der Waals surface area contributed by atoms with Gasteiger partial charge in [-0.25, -0.2) is 0 Å². The number of nitrogens with zero attached hydrogens (tertiary/aromatic N) is 2. The van der Waals surface area contributed by atoms with Gasteiger partial charge in [0.15, 0.2) is 0 Å². The number of nitrogens with one attached hydrogen (secondary N) is 2. The van der Waals surface area contributed by atoms with E-state index in [1.54, 1.807) is 17.9 Å². The van der Waals surface area contributed by atoms with E-state index in [0.29, 0.717) is 16.6 Å². The molecule has 1 amide bonds. The SMILES string of the molecule is CCC(CC)(CNC(=O)C(NC)c1cnn(C)c1)c1ccc(Cl)c(Cl)c1.Cl. The first-order valence-electron chi connectivity index (χ1n) is 8.76. The van der Waals surface area contributed by atoms with Crippen LogP contribution in [0.3, 0.4) is 0 Å². The smallest absolute Gasteiger partial charge is 0.241 e. The number of hydrogen-bond donors (Lipinski definition) is 2. The normalized spacial score (nSPS) is 12.4. The average Bonchev–Trinajstić information content (AvgIpc) is 3.05. The molecule has 0 aliphatic rings. The van der Waals surface area contributed by atoms with Crippen LogP contribution in [0.15, 0.2) is 30.6 Å². The molecule has 1 unspecified atom stereocenters. The first kappa shape index (κ1) is 23.8. The summed E-state index contributed by atoms with van der Waals surface area (Å²) in [4.78, 5) is 12.8. The van der Waals surface area contributed by atoms with Crippen LogP contribution in [0.5, 0.6) is 0 Å². The molecular formula is C19H27Cl3N4O. The third-order valence-corrected chi connectivity index (χ3v) is 5.83. The molecule has 27 heavy (non-hydrogen) atoms. The summed E-state index contributed by atoms with van der Waals surface area (Å²) in [6.07, 6.45) is 5.29. The molecule has 1 atom stereocenters. The van der Waals surface area contributed by atoms with Gasteiger partial charge in [-0.3, -0.25) is 9.48 Å². The number of aryl methyl sites for hydroxylation is 1. The second kappa shape index (κ2) is 10.3. The lowest BCUT2D eigenvalue weighted by Gasteiger charge is -2.33. The van der Waals surface area contributed by atoms with Crippen LogP contribution >= 0.6 is 35.6 Å². The summed E-state index contributed by atoms with van der Waals surface area (Å²) in [6.45, 7) is 4.76. The number of likely N-dealkylation sites (N-methyl/N-ethyl adjacent to an activating group) is 1. The van der Waals surface area contributed by atoms with Crippen LogP contribution in [-0.2, 0) is 17.3 Å². The van der Waals surface area contributed by atoms with Crippen molar-refractivity contribution in [1.82, 2.24) is 20.4 Å². The van der Waals surface area contributed by atoms with Crippen LogP contribution < -0.4 is 10.6 Å². The summed E-state index contributed by atoms with van der Waals surface area (Å²) in [5.41, 5.74) is 1.72. The lowest BCUT2D eigenvalue weighted by molar-refractivity contribution is -0.123. The summed E-state index contributed by atoms with van der Waals surface area (Å²) in [5, 5.41) is 11.4. The van der Waals surface area contributed by atoms with E-state index in [2.05, 4.69) is 29.6 Å². The van der Waals surface area contributed by atoms with Gasteiger partial charge in [-0.05, 0) is 37.6 Å². The van der Waals surface area contributed by atoms with Crippen molar-refractivity contribution in [2.45, 2.75) is 38.1 Å². The zero-order valence-corrected chi connectivity index (χ0v) is 18.4. The highest BCUT2D eigenvalue weighted by Crippen LogP contribution is 2.35. The van der Waals surface area contributed by atoms with Gasteiger partial charge in [0.25, 0.3) is 0 Å². The highest BCUT2D eigenvalue weighted by molar-refractivity contribution is 6.42. The van der Waals surface area contributed by atoms with Crippen molar-refractivity contribution in [3.8, 4) is 0 Å². The predicted molar refractivity (Wildman–Crippen MR) is 114 cm³/mol. The van der Waals surface area contributed by atoms with Crippen LogP contribution in [0.4, 0.5) is 0 Å². The lowest BCUT2D eigenvalue weighted by Crippen LogP contribution is -2.44. The van der Waals surface area contributed by atoms with Gasteiger partial charge in [0.2, 0.25) is 5.91 Å². The fraction of sp³-hybridized carbons (Fsp3) is 0.474.